The van der Waals surface area contributed by atoms with Crippen LogP contribution in [0.5, 0.6) is 0 Å². The summed E-state index contributed by atoms with van der Waals surface area (Å²) in [6.45, 7) is 4.23. The molecule has 2 amide bonds. The van der Waals surface area contributed by atoms with E-state index in [2.05, 4.69) is 19.2 Å². The number of fused-ring (bicyclic) bond motifs is 1. The molecule has 1 N–H and O–H groups in total. The lowest BCUT2D eigenvalue weighted by atomic mass is 10.0. The number of amides is 2. The summed E-state index contributed by atoms with van der Waals surface area (Å²) in [7, 11) is 0. The average Bonchev–Trinajstić information content (AvgIpc) is 3.09. The molecule has 0 radical (unpaired) electrons. The molecule has 5 rings (SSSR count). The van der Waals surface area contributed by atoms with Gasteiger partial charge in [0.1, 0.15) is 5.70 Å². The van der Waals surface area contributed by atoms with E-state index in [9.17, 15) is 9.59 Å². The SMILES string of the molecule is CC(C)c1ccc(N2C(=O)C(Nc3cccc4ccccc34)=C(c3ccccc3)C2=O)cc1. The first-order chi connectivity index (χ1) is 16.0. The summed E-state index contributed by atoms with van der Waals surface area (Å²) in [4.78, 5) is 28.5. The minimum Gasteiger partial charge on any atom is -0.350 e. The number of benzene rings is 4. The van der Waals surface area contributed by atoms with E-state index in [0.717, 1.165) is 22.0 Å². The number of nitrogens with zero attached hydrogens (tertiary/aromatic N) is 1. The molecule has 4 nitrogen and oxygen atoms in total. The molecule has 162 valence electrons. The van der Waals surface area contributed by atoms with Gasteiger partial charge in [0, 0.05) is 11.1 Å². The van der Waals surface area contributed by atoms with Crippen molar-refractivity contribution in [2.75, 3.05) is 10.2 Å². The Bertz CT molecular complexity index is 1380. The molecule has 0 spiro atoms. The van der Waals surface area contributed by atoms with Crippen LogP contribution in [0.15, 0.2) is 103 Å². The van der Waals surface area contributed by atoms with Crippen LogP contribution < -0.4 is 10.2 Å². The lowest BCUT2D eigenvalue weighted by Crippen LogP contribution is -2.32. The molecule has 0 fully saturated rings. The highest BCUT2D eigenvalue weighted by Gasteiger charge is 2.40. The van der Waals surface area contributed by atoms with Crippen LogP contribution in [-0.4, -0.2) is 11.8 Å². The molecule has 0 atom stereocenters. The molecule has 1 aliphatic rings. The van der Waals surface area contributed by atoms with Crippen LogP contribution in [-0.2, 0) is 9.59 Å². The molecule has 4 aromatic rings. The third kappa shape index (κ3) is 3.70. The number of rotatable bonds is 5. The van der Waals surface area contributed by atoms with Crippen molar-refractivity contribution in [1.82, 2.24) is 0 Å². The van der Waals surface area contributed by atoms with Crippen LogP contribution in [0, 0.1) is 0 Å². The zero-order valence-electron chi connectivity index (χ0n) is 18.6. The van der Waals surface area contributed by atoms with Gasteiger partial charge in [-0.3, -0.25) is 9.59 Å². The summed E-state index contributed by atoms with van der Waals surface area (Å²) in [6, 6.07) is 30.8. The van der Waals surface area contributed by atoms with E-state index in [-0.39, 0.29) is 17.5 Å². The number of nitrogens with one attached hydrogen (secondary N) is 1. The third-order valence-corrected chi connectivity index (χ3v) is 6.01. The molecule has 33 heavy (non-hydrogen) atoms. The highest BCUT2D eigenvalue weighted by molar-refractivity contribution is 6.46. The number of hydrogen-bond donors (Lipinski definition) is 1. The van der Waals surface area contributed by atoms with Crippen molar-refractivity contribution in [3.63, 3.8) is 0 Å². The average molecular weight is 433 g/mol. The molecule has 0 saturated heterocycles. The van der Waals surface area contributed by atoms with E-state index in [1.165, 1.54) is 4.90 Å². The van der Waals surface area contributed by atoms with Crippen molar-refractivity contribution in [1.29, 1.82) is 0 Å². The van der Waals surface area contributed by atoms with Gasteiger partial charge in [0.25, 0.3) is 11.8 Å². The number of carbonyl (C=O) groups is 2. The Labute approximate surface area is 193 Å². The number of carbonyl (C=O) groups excluding carboxylic acids is 2. The minimum absolute atomic E-state index is 0.287. The smallest absolute Gasteiger partial charge is 0.282 e. The maximum atomic E-state index is 13.6. The predicted octanol–water partition coefficient (Wildman–Crippen LogP) is 6.36. The fourth-order valence-corrected chi connectivity index (χ4v) is 4.23. The molecule has 4 aromatic carbocycles. The molecular weight excluding hydrogens is 408 g/mol. The van der Waals surface area contributed by atoms with Crippen LogP contribution in [0.2, 0.25) is 0 Å². The van der Waals surface area contributed by atoms with Gasteiger partial charge in [-0.15, -0.1) is 0 Å². The summed E-state index contributed by atoms with van der Waals surface area (Å²) in [5, 5.41) is 5.35. The van der Waals surface area contributed by atoms with Crippen molar-refractivity contribution < 1.29 is 9.59 Å². The predicted molar refractivity (Wildman–Crippen MR) is 134 cm³/mol. The second-order valence-electron chi connectivity index (χ2n) is 8.46. The van der Waals surface area contributed by atoms with E-state index < -0.39 is 0 Å². The molecule has 4 heteroatoms. The summed E-state index contributed by atoms with van der Waals surface area (Å²) >= 11 is 0. The van der Waals surface area contributed by atoms with Crippen LogP contribution in [0.4, 0.5) is 11.4 Å². The van der Waals surface area contributed by atoms with Crippen LogP contribution >= 0.6 is 0 Å². The fraction of sp³-hybridized carbons (Fsp3) is 0.103. The lowest BCUT2D eigenvalue weighted by Gasteiger charge is -2.17. The number of anilines is 2. The fourth-order valence-electron chi connectivity index (χ4n) is 4.23. The molecule has 0 saturated carbocycles. The lowest BCUT2D eigenvalue weighted by molar-refractivity contribution is -0.120. The van der Waals surface area contributed by atoms with Crippen molar-refractivity contribution in [3.05, 3.63) is 114 Å². The van der Waals surface area contributed by atoms with Crippen molar-refractivity contribution >= 4 is 39.5 Å². The topological polar surface area (TPSA) is 49.4 Å². The van der Waals surface area contributed by atoms with Gasteiger partial charge in [-0.2, -0.15) is 0 Å². The Kier molecular flexibility index (Phi) is 5.27. The number of imide groups is 1. The standard InChI is InChI=1S/C29H24N2O2/c1-19(2)20-15-17-23(18-16-20)31-28(32)26(22-10-4-3-5-11-22)27(29(31)33)30-25-14-8-12-21-9-6-7-13-24(21)25/h3-19,30H,1-2H3. The minimum atomic E-state index is -0.357. The van der Waals surface area contributed by atoms with Gasteiger partial charge < -0.3 is 5.32 Å². The van der Waals surface area contributed by atoms with Gasteiger partial charge in [-0.1, -0.05) is 92.7 Å². The second kappa shape index (κ2) is 8.40. The van der Waals surface area contributed by atoms with E-state index in [4.69, 9.17) is 0 Å². The largest absolute Gasteiger partial charge is 0.350 e. The molecule has 0 unspecified atom stereocenters. The van der Waals surface area contributed by atoms with Crippen molar-refractivity contribution in [3.8, 4) is 0 Å². The van der Waals surface area contributed by atoms with Gasteiger partial charge in [-0.25, -0.2) is 4.90 Å². The zero-order valence-corrected chi connectivity index (χ0v) is 18.6. The summed E-state index contributed by atoms with van der Waals surface area (Å²) < 4.78 is 0. The Morgan fingerprint density at radius 3 is 2.09 bits per heavy atom. The first-order valence-corrected chi connectivity index (χ1v) is 11.1. The van der Waals surface area contributed by atoms with E-state index in [0.29, 0.717) is 22.7 Å². The van der Waals surface area contributed by atoms with Gasteiger partial charge >= 0.3 is 0 Å². The molecular formula is C29H24N2O2. The van der Waals surface area contributed by atoms with Gasteiger partial charge in [-0.05, 0) is 40.6 Å². The Morgan fingerprint density at radius 2 is 1.36 bits per heavy atom. The highest BCUT2D eigenvalue weighted by Crippen LogP contribution is 2.35. The van der Waals surface area contributed by atoms with Crippen LogP contribution in [0.3, 0.4) is 0 Å². The summed E-state index contributed by atoms with van der Waals surface area (Å²) in [6.07, 6.45) is 0. The Morgan fingerprint density at radius 1 is 0.697 bits per heavy atom. The number of hydrogen-bond acceptors (Lipinski definition) is 3. The normalized spacial score (nSPS) is 14.0. The molecule has 0 aromatic heterocycles. The molecule has 1 heterocycles. The Hall–Kier alpha value is -4.18. The quantitative estimate of drug-likeness (QED) is 0.373. The first kappa shape index (κ1) is 20.7. The third-order valence-electron chi connectivity index (χ3n) is 6.01. The maximum Gasteiger partial charge on any atom is 0.282 e. The monoisotopic (exact) mass is 432 g/mol. The molecule has 0 bridgehead atoms. The zero-order chi connectivity index (χ0) is 22.9. The van der Waals surface area contributed by atoms with Crippen molar-refractivity contribution in [2.24, 2.45) is 0 Å². The molecule has 0 aliphatic carbocycles. The van der Waals surface area contributed by atoms with Gasteiger partial charge in [0.15, 0.2) is 0 Å². The summed E-state index contributed by atoms with van der Waals surface area (Å²) in [5.74, 6) is -0.319. The first-order valence-electron chi connectivity index (χ1n) is 11.1. The Balaban J connectivity index is 1.61. The van der Waals surface area contributed by atoms with E-state index in [1.54, 1.807) is 0 Å². The van der Waals surface area contributed by atoms with E-state index in [1.807, 2.05) is 97.1 Å². The maximum absolute atomic E-state index is 13.6. The molecule has 1 aliphatic heterocycles. The highest BCUT2D eigenvalue weighted by atomic mass is 16.2. The summed E-state index contributed by atoms with van der Waals surface area (Å²) in [5.41, 5.74) is 3.88. The van der Waals surface area contributed by atoms with Crippen LogP contribution in [0.1, 0.15) is 30.9 Å². The van der Waals surface area contributed by atoms with Crippen LogP contribution in [0.25, 0.3) is 16.3 Å². The van der Waals surface area contributed by atoms with Crippen molar-refractivity contribution in [2.45, 2.75) is 19.8 Å². The van der Waals surface area contributed by atoms with Gasteiger partial charge in [0.2, 0.25) is 0 Å². The second-order valence-corrected chi connectivity index (χ2v) is 8.46. The van der Waals surface area contributed by atoms with E-state index >= 15 is 0 Å². The van der Waals surface area contributed by atoms with Gasteiger partial charge in [0.05, 0.1) is 11.3 Å².